The van der Waals surface area contributed by atoms with Crippen LogP contribution in [-0.4, -0.2) is 88.2 Å². The number of alkyl halides is 2. The highest BCUT2D eigenvalue weighted by Gasteiger charge is 2.38. The average molecular weight is 898 g/mol. The van der Waals surface area contributed by atoms with Crippen LogP contribution in [0.2, 0.25) is 5.02 Å². The number of benzene rings is 1. The highest BCUT2D eigenvalue weighted by Crippen LogP contribution is 2.37. The van der Waals surface area contributed by atoms with Gasteiger partial charge in [-0.1, -0.05) is 23.4 Å². The van der Waals surface area contributed by atoms with Gasteiger partial charge in [0.2, 0.25) is 0 Å². The highest BCUT2D eigenvalue weighted by atomic mass is 35.5. The Bertz CT molecular complexity index is 2970. The van der Waals surface area contributed by atoms with Crippen LogP contribution < -0.4 is 15.2 Å². The van der Waals surface area contributed by atoms with E-state index < -0.39 is 34.2 Å². The molecule has 19 heteroatoms. The number of thiophene rings is 1. The molecule has 6 heterocycles. The lowest BCUT2D eigenvalue weighted by atomic mass is 9.86. The number of nitriles is 1. The second-order valence-electron chi connectivity index (χ2n) is 14.9. The van der Waals surface area contributed by atoms with Crippen molar-refractivity contribution in [2.45, 2.75) is 75.8 Å². The molecule has 1 aliphatic carbocycles. The summed E-state index contributed by atoms with van der Waals surface area (Å²) in [6.45, 7) is 2.93. The van der Waals surface area contributed by atoms with Crippen LogP contribution in [0.5, 0.6) is 0 Å². The van der Waals surface area contributed by atoms with Crippen molar-refractivity contribution in [1.82, 2.24) is 34.1 Å². The number of likely N-dealkylation sites (tertiary alicyclic amines) is 1. The van der Waals surface area contributed by atoms with Crippen LogP contribution in [0.1, 0.15) is 59.9 Å². The first-order valence-electron chi connectivity index (χ1n) is 19.7. The predicted molar refractivity (Wildman–Crippen MR) is 231 cm³/mol. The van der Waals surface area contributed by atoms with E-state index in [-0.39, 0.29) is 40.0 Å². The van der Waals surface area contributed by atoms with Gasteiger partial charge in [-0.3, -0.25) is 24.1 Å². The number of fused-ring (bicyclic) bond motifs is 2. The summed E-state index contributed by atoms with van der Waals surface area (Å²) in [5.74, 6) is 6.22. The number of hydrogen-bond acceptors (Lipinski definition) is 13. The van der Waals surface area contributed by atoms with Crippen molar-refractivity contribution in [3.63, 3.8) is 0 Å². The number of aromatic nitrogens is 5. The minimum absolute atomic E-state index is 0.0508. The second kappa shape index (κ2) is 17.8. The lowest BCUT2D eigenvalue weighted by molar-refractivity contribution is -0.194. The fourth-order valence-electron chi connectivity index (χ4n) is 8.18. The van der Waals surface area contributed by atoms with Crippen LogP contribution in [0.4, 0.5) is 14.6 Å². The molecule has 1 aromatic carbocycles. The fourth-order valence-corrected chi connectivity index (χ4v) is 10.3. The van der Waals surface area contributed by atoms with Gasteiger partial charge in [-0.05, 0) is 75.9 Å². The number of halogens is 3. The first kappa shape index (κ1) is 42.8. The number of amides is 1. The molecule has 1 N–H and O–H groups in total. The topological polar surface area (TPSA) is 176 Å². The first-order chi connectivity index (χ1) is 29.9. The Hall–Kier alpha value is -5.89. The lowest BCUT2D eigenvalue weighted by Crippen LogP contribution is -2.54. The first-order valence-corrected chi connectivity index (χ1v) is 22.5. The zero-order valence-corrected chi connectivity index (χ0v) is 35.8. The summed E-state index contributed by atoms with van der Waals surface area (Å²) in [7, 11) is -4.17. The van der Waals surface area contributed by atoms with E-state index in [0.717, 1.165) is 25.9 Å². The molecule has 2 aliphatic rings. The third kappa shape index (κ3) is 8.49. The van der Waals surface area contributed by atoms with Gasteiger partial charge in [0.25, 0.3) is 21.5 Å². The number of piperidine rings is 1. The number of hydrogen-bond donors (Lipinski definition) is 1. The number of nitrogens with one attached hydrogen (secondary N) is 1. The number of aryl methyl sites for hydroxylation is 1. The number of ether oxygens (including phenoxy) is 1. The van der Waals surface area contributed by atoms with Crippen molar-refractivity contribution in [2.24, 2.45) is 0 Å². The molecular weight excluding hydrogens is 860 g/mol. The molecule has 14 nitrogen and oxygen atoms in total. The summed E-state index contributed by atoms with van der Waals surface area (Å²) in [5, 5.41) is 12.6. The Morgan fingerprint density at radius 1 is 1.11 bits per heavy atom. The lowest BCUT2D eigenvalue weighted by Gasteiger charge is -2.47. The monoisotopic (exact) mass is 897 g/mol. The van der Waals surface area contributed by atoms with Crippen LogP contribution in [-0.2, 0) is 21.3 Å². The normalized spacial score (nSPS) is 17.0. The zero-order chi connectivity index (χ0) is 43.7. The van der Waals surface area contributed by atoms with Gasteiger partial charge in [-0.15, -0.1) is 11.3 Å². The predicted octanol–water partition coefficient (Wildman–Crippen LogP) is 6.53. The third-order valence-electron chi connectivity index (χ3n) is 11.3. The largest absolute Gasteiger partial charge is 0.353 e. The van der Waals surface area contributed by atoms with Crippen LogP contribution in [0.3, 0.4) is 0 Å². The summed E-state index contributed by atoms with van der Waals surface area (Å²) >= 11 is 7.70. The van der Waals surface area contributed by atoms with Gasteiger partial charge in [0, 0.05) is 77.4 Å². The van der Waals surface area contributed by atoms with Crippen LogP contribution in [0.25, 0.3) is 32.2 Å². The van der Waals surface area contributed by atoms with Gasteiger partial charge in [0.05, 0.1) is 50.4 Å². The maximum absolute atomic E-state index is 14.3. The smallest absolute Gasteiger partial charge is 0.345 e. The van der Waals surface area contributed by atoms with Crippen molar-refractivity contribution in [3.05, 3.63) is 104 Å². The Morgan fingerprint density at radius 3 is 2.58 bits per heavy atom. The van der Waals surface area contributed by atoms with E-state index in [1.165, 1.54) is 52.8 Å². The fraction of sp³-hybridized carbons (Fsp3) is 0.326. The molecule has 0 atom stereocenters. The van der Waals surface area contributed by atoms with Gasteiger partial charge in [-0.2, -0.15) is 14.0 Å². The molecule has 1 amide bonds. The molecule has 62 heavy (non-hydrogen) atoms. The second-order valence-corrected chi connectivity index (χ2v) is 17.9. The van der Waals surface area contributed by atoms with Crippen molar-refractivity contribution in [2.75, 3.05) is 24.5 Å². The number of carbonyl (C=O) groups is 1. The molecular formula is C43H38ClF2N9O5S2. The molecule has 1 aliphatic heterocycles. The Kier molecular flexibility index (Phi) is 12.3. The molecule has 1 saturated heterocycles. The molecule has 5 aromatic heterocycles. The Labute approximate surface area is 364 Å². The van der Waals surface area contributed by atoms with Crippen molar-refractivity contribution in [1.29, 1.82) is 5.26 Å². The third-order valence-corrected chi connectivity index (χ3v) is 13.9. The quantitative estimate of drug-likeness (QED) is 0.140. The number of carbonyl (C=O) groups excluding carboxylic acids is 1. The van der Waals surface area contributed by atoms with Crippen LogP contribution >= 0.6 is 22.9 Å². The minimum atomic E-state index is -4.17. The van der Waals surface area contributed by atoms with Gasteiger partial charge in [-0.25, -0.2) is 23.1 Å². The molecule has 8 rings (SSSR count). The summed E-state index contributed by atoms with van der Waals surface area (Å²) in [4.78, 5) is 49.4. The van der Waals surface area contributed by atoms with Gasteiger partial charge in [0.15, 0.2) is 0 Å². The maximum atomic E-state index is 14.3. The summed E-state index contributed by atoms with van der Waals surface area (Å²) in [6.07, 6.45) is 7.98. The molecule has 2 fully saturated rings. The van der Waals surface area contributed by atoms with E-state index >= 15 is 0 Å². The molecule has 0 bridgehead atoms. The summed E-state index contributed by atoms with van der Waals surface area (Å²) in [6, 6.07) is 12.0. The Morgan fingerprint density at radius 2 is 1.87 bits per heavy atom. The summed E-state index contributed by atoms with van der Waals surface area (Å²) < 4.78 is 59.8. The minimum Gasteiger partial charge on any atom is -0.353 e. The zero-order valence-electron chi connectivity index (χ0n) is 33.4. The van der Waals surface area contributed by atoms with E-state index in [9.17, 15) is 32.0 Å². The maximum Gasteiger partial charge on any atom is 0.345 e. The van der Waals surface area contributed by atoms with Crippen molar-refractivity contribution in [3.8, 4) is 29.0 Å². The van der Waals surface area contributed by atoms with Gasteiger partial charge < -0.3 is 14.5 Å². The highest BCUT2D eigenvalue weighted by molar-refractivity contribution is 7.90. The van der Waals surface area contributed by atoms with E-state index in [1.807, 2.05) is 6.92 Å². The molecule has 6 aromatic rings. The van der Waals surface area contributed by atoms with Crippen LogP contribution in [0, 0.1) is 30.1 Å². The number of sulfonamides is 1. The molecule has 0 radical (unpaired) electrons. The van der Waals surface area contributed by atoms with E-state index in [4.69, 9.17) is 11.6 Å². The number of pyridine rings is 3. The standard InChI is InChI=1S/C43H38ClF2N9O5S2/c1-3-54(28-11-17-53(18-12-28)29-20-30(21-29)60-43(45)46)40-34(22-47)37-36(23-50-40)51-25(2)55(42(37)57)16-4-5-26-6-7-27(44)19-33(26)32-10-15-49-38-35(24-61-39(32)38)41(56)52-62(58,59)31-8-13-48-14-9-31/h6-10,13-15,19,23-24,28-30,43H,3,11-12,16-18,20-21H2,1-2H3,(H,52,56). The van der Waals surface area contributed by atoms with E-state index in [2.05, 4.69) is 57.1 Å². The molecule has 1 saturated carbocycles. The van der Waals surface area contributed by atoms with Gasteiger partial charge in [0.1, 0.15) is 23.3 Å². The van der Waals surface area contributed by atoms with Gasteiger partial charge >= 0.3 is 6.61 Å². The number of anilines is 1. The molecule has 318 valence electrons. The number of nitrogens with zero attached hydrogens (tertiary/aromatic N) is 8. The summed E-state index contributed by atoms with van der Waals surface area (Å²) in [5.41, 5.74) is 2.22. The van der Waals surface area contributed by atoms with E-state index in [0.29, 0.717) is 68.5 Å². The van der Waals surface area contributed by atoms with E-state index in [1.54, 1.807) is 36.6 Å². The SMILES string of the molecule is CCN(c1ncc2nc(C)n(CC#Cc3ccc(Cl)cc3-c3ccnc4c(C(=O)NS(=O)(=O)c5ccncc5)csc34)c(=O)c2c1C#N)C1CCN(C2CC(OC(F)F)C2)CC1. The Balaban J connectivity index is 1.05. The molecule has 0 unspecified atom stereocenters. The van der Waals surface area contributed by atoms with Crippen molar-refractivity contribution < 1.29 is 26.7 Å². The average Bonchev–Trinajstić information content (AvgIpc) is 3.69. The van der Waals surface area contributed by atoms with Crippen LogP contribution in [0.15, 0.2) is 76.3 Å². The van der Waals surface area contributed by atoms with Crippen molar-refractivity contribution >= 4 is 65.8 Å². The number of rotatable bonds is 11. The molecule has 0 spiro atoms.